The minimum atomic E-state index is 0.0855. The SMILES string of the molecule is Cc1nc(C)c(C(C)Nc2c(Cl)cc(Cl)cc2Cl)s1. The van der Waals surface area contributed by atoms with Gasteiger partial charge in [0.25, 0.3) is 0 Å². The van der Waals surface area contributed by atoms with Crippen LogP contribution in [0.5, 0.6) is 0 Å². The second-order valence-electron chi connectivity index (χ2n) is 4.29. The predicted molar refractivity (Wildman–Crippen MR) is 85.1 cm³/mol. The molecule has 0 saturated heterocycles. The van der Waals surface area contributed by atoms with Gasteiger partial charge in [0.1, 0.15) is 0 Å². The molecule has 2 rings (SSSR count). The van der Waals surface area contributed by atoms with Gasteiger partial charge < -0.3 is 5.32 Å². The zero-order valence-corrected chi connectivity index (χ0v) is 13.8. The number of aryl methyl sites for hydroxylation is 2. The molecule has 0 aliphatic carbocycles. The van der Waals surface area contributed by atoms with E-state index in [-0.39, 0.29) is 6.04 Å². The van der Waals surface area contributed by atoms with E-state index in [0.717, 1.165) is 10.7 Å². The molecular weight excluding hydrogens is 323 g/mol. The summed E-state index contributed by atoms with van der Waals surface area (Å²) in [6.07, 6.45) is 0. The molecule has 6 heteroatoms. The molecule has 0 spiro atoms. The quantitative estimate of drug-likeness (QED) is 0.756. The Kier molecular flexibility index (Phi) is 4.62. The minimum Gasteiger partial charge on any atom is -0.375 e. The van der Waals surface area contributed by atoms with Crippen molar-refractivity contribution in [3.8, 4) is 0 Å². The van der Waals surface area contributed by atoms with Crippen LogP contribution < -0.4 is 5.32 Å². The third-order valence-corrected chi connectivity index (χ3v) is 4.77. The van der Waals surface area contributed by atoms with Crippen LogP contribution in [0, 0.1) is 13.8 Å². The first-order valence-corrected chi connectivity index (χ1v) is 7.68. The van der Waals surface area contributed by atoms with Crippen molar-refractivity contribution in [1.82, 2.24) is 4.98 Å². The maximum absolute atomic E-state index is 6.17. The van der Waals surface area contributed by atoms with Crippen molar-refractivity contribution < 1.29 is 0 Å². The summed E-state index contributed by atoms with van der Waals surface area (Å²) in [5, 5.41) is 5.93. The Hall–Kier alpha value is -0.480. The number of anilines is 1. The lowest BCUT2D eigenvalue weighted by Crippen LogP contribution is -2.07. The summed E-state index contributed by atoms with van der Waals surface area (Å²) in [6.45, 7) is 6.06. The summed E-state index contributed by atoms with van der Waals surface area (Å²) in [5.41, 5.74) is 1.73. The van der Waals surface area contributed by atoms with Gasteiger partial charge in [-0.1, -0.05) is 34.8 Å². The number of hydrogen-bond donors (Lipinski definition) is 1. The molecule has 1 atom stereocenters. The van der Waals surface area contributed by atoms with Gasteiger partial charge >= 0.3 is 0 Å². The van der Waals surface area contributed by atoms with Gasteiger partial charge in [0.05, 0.1) is 32.5 Å². The Morgan fingerprint density at radius 2 is 1.74 bits per heavy atom. The van der Waals surface area contributed by atoms with Crippen LogP contribution in [0.3, 0.4) is 0 Å². The molecule has 0 aliphatic rings. The number of thiazole rings is 1. The van der Waals surface area contributed by atoms with Crippen LogP contribution in [0.25, 0.3) is 0 Å². The van der Waals surface area contributed by atoms with Crippen LogP contribution in [-0.2, 0) is 0 Å². The molecular formula is C13H13Cl3N2S. The maximum Gasteiger partial charge on any atom is 0.0900 e. The highest BCUT2D eigenvalue weighted by atomic mass is 35.5. The Labute approximate surface area is 131 Å². The van der Waals surface area contributed by atoms with Gasteiger partial charge in [0, 0.05) is 9.90 Å². The molecule has 2 nitrogen and oxygen atoms in total. The van der Waals surface area contributed by atoms with Crippen LogP contribution >= 0.6 is 46.1 Å². The fraction of sp³-hybridized carbons (Fsp3) is 0.308. The van der Waals surface area contributed by atoms with E-state index in [9.17, 15) is 0 Å². The molecule has 0 amide bonds. The highest BCUT2D eigenvalue weighted by molar-refractivity contribution is 7.11. The van der Waals surface area contributed by atoms with Gasteiger partial charge in [-0.2, -0.15) is 0 Å². The van der Waals surface area contributed by atoms with Gasteiger partial charge in [-0.15, -0.1) is 11.3 Å². The molecule has 0 fully saturated rings. The molecule has 2 aromatic rings. The van der Waals surface area contributed by atoms with Crippen molar-refractivity contribution in [2.45, 2.75) is 26.8 Å². The fourth-order valence-electron chi connectivity index (χ4n) is 1.91. The monoisotopic (exact) mass is 334 g/mol. The van der Waals surface area contributed by atoms with E-state index in [1.807, 2.05) is 13.8 Å². The van der Waals surface area contributed by atoms with Crippen molar-refractivity contribution in [3.63, 3.8) is 0 Å². The van der Waals surface area contributed by atoms with E-state index < -0.39 is 0 Å². The molecule has 1 unspecified atom stereocenters. The number of benzene rings is 1. The van der Waals surface area contributed by atoms with Crippen LogP contribution in [0.1, 0.15) is 28.5 Å². The molecule has 0 saturated carbocycles. The second kappa shape index (κ2) is 5.88. The van der Waals surface area contributed by atoms with Crippen molar-refractivity contribution >= 4 is 51.8 Å². The smallest absolute Gasteiger partial charge is 0.0900 e. The summed E-state index contributed by atoms with van der Waals surface area (Å²) in [4.78, 5) is 5.60. The van der Waals surface area contributed by atoms with E-state index in [2.05, 4.69) is 17.2 Å². The van der Waals surface area contributed by atoms with E-state index in [1.165, 1.54) is 4.88 Å². The number of nitrogens with one attached hydrogen (secondary N) is 1. The highest BCUT2D eigenvalue weighted by Crippen LogP contribution is 2.37. The molecule has 0 aliphatic heterocycles. The van der Waals surface area contributed by atoms with Crippen molar-refractivity contribution in [2.24, 2.45) is 0 Å². The molecule has 19 heavy (non-hydrogen) atoms. The number of hydrogen-bond acceptors (Lipinski definition) is 3. The maximum atomic E-state index is 6.17. The lowest BCUT2D eigenvalue weighted by Gasteiger charge is -2.17. The molecule has 1 aromatic heterocycles. The molecule has 1 N–H and O–H groups in total. The molecule has 102 valence electrons. The van der Waals surface area contributed by atoms with Crippen LogP contribution in [-0.4, -0.2) is 4.98 Å². The van der Waals surface area contributed by atoms with Crippen molar-refractivity contribution in [3.05, 3.63) is 42.8 Å². The Morgan fingerprint density at radius 3 is 2.21 bits per heavy atom. The van der Waals surface area contributed by atoms with E-state index >= 15 is 0 Å². The average Bonchev–Trinajstić information content (AvgIpc) is 2.62. The lowest BCUT2D eigenvalue weighted by atomic mass is 10.2. The highest BCUT2D eigenvalue weighted by Gasteiger charge is 2.16. The summed E-state index contributed by atoms with van der Waals surface area (Å²) < 4.78 is 0. The van der Waals surface area contributed by atoms with Gasteiger partial charge in [0.15, 0.2) is 0 Å². The van der Waals surface area contributed by atoms with Gasteiger partial charge in [-0.25, -0.2) is 4.98 Å². The number of halogens is 3. The van der Waals surface area contributed by atoms with Gasteiger partial charge in [-0.05, 0) is 32.9 Å². The van der Waals surface area contributed by atoms with E-state index in [4.69, 9.17) is 34.8 Å². The first kappa shape index (κ1) is 14.9. The number of aromatic nitrogens is 1. The van der Waals surface area contributed by atoms with Gasteiger partial charge in [0.2, 0.25) is 0 Å². The normalized spacial score (nSPS) is 12.5. The van der Waals surface area contributed by atoms with Crippen molar-refractivity contribution in [2.75, 3.05) is 5.32 Å². The average molecular weight is 336 g/mol. The molecule has 0 radical (unpaired) electrons. The first-order chi connectivity index (χ1) is 8.88. The summed E-state index contributed by atoms with van der Waals surface area (Å²) >= 11 is 19.9. The van der Waals surface area contributed by atoms with Crippen molar-refractivity contribution in [1.29, 1.82) is 0 Å². The minimum absolute atomic E-state index is 0.0855. The topological polar surface area (TPSA) is 24.9 Å². The zero-order chi connectivity index (χ0) is 14.2. The lowest BCUT2D eigenvalue weighted by molar-refractivity contribution is 0.890. The Balaban J connectivity index is 2.29. The molecule has 1 aromatic carbocycles. The van der Waals surface area contributed by atoms with Crippen LogP contribution in [0.2, 0.25) is 15.1 Å². The predicted octanol–water partition coefficient (Wildman–Crippen LogP) is 5.89. The fourth-order valence-corrected chi connectivity index (χ4v) is 3.77. The van der Waals surface area contributed by atoms with Crippen LogP contribution in [0.15, 0.2) is 12.1 Å². The van der Waals surface area contributed by atoms with Crippen LogP contribution in [0.4, 0.5) is 5.69 Å². The molecule has 0 bridgehead atoms. The van der Waals surface area contributed by atoms with E-state index in [1.54, 1.807) is 23.5 Å². The summed E-state index contributed by atoms with van der Waals surface area (Å²) in [6, 6.07) is 3.44. The summed E-state index contributed by atoms with van der Waals surface area (Å²) in [5.74, 6) is 0. The molecule has 1 heterocycles. The van der Waals surface area contributed by atoms with E-state index in [0.29, 0.717) is 20.8 Å². The van der Waals surface area contributed by atoms with Gasteiger partial charge in [-0.3, -0.25) is 0 Å². The number of rotatable bonds is 3. The first-order valence-electron chi connectivity index (χ1n) is 5.73. The zero-order valence-electron chi connectivity index (χ0n) is 10.7. The third kappa shape index (κ3) is 3.34. The number of nitrogens with zero attached hydrogens (tertiary/aromatic N) is 1. The summed E-state index contributed by atoms with van der Waals surface area (Å²) in [7, 11) is 0. The largest absolute Gasteiger partial charge is 0.375 e. The Bertz CT molecular complexity index is 587. The second-order valence-corrected chi connectivity index (χ2v) is 6.78. The Morgan fingerprint density at radius 1 is 1.16 bits per heavy atom. The third-order valence-electron chi connectivity index (χ3n) is 2.70. The standard InChI is InChI=1S/C13H13Cl3N2S/c1-6-13(19-8(3)17-6)7(2)18-12-10(15)4-9(14)5-11(12)16/h4-5,7,18H,1-3H3.